The van der Waals surface area contributed by atoms with E-state index in [-0.39, 0.29) is 18.4 Å². The third kappa shape index (κ3) is 1.79. The summed E-state index contributed by atoms with van der Waals surface area (Å²) < 4.78 is 15.3. The molecule has 4 aliphatic carbocycles. The maximum atomic E-state index is 15.3. The average molecular weight is 334 g/mol. The Labute approximate surface area is 140 Å². The van der Waals surface area contributed by atoms with Crippen molar-refractivity contribution >= 4 is 11.9 Å². The van der Waals surface area contributed by atoms with Gasteiger partial charge < -0.3 is 10.0 Å². The van der Waals surface area contributed by atoms with Gasteiger partial charge in [0.15, 0.2) is 0 Å². The van der Waals surface area contributed by atoms with Crippen LogP contribution in [0.1, 0.15) is 51.4 Å². The summed E-state index contributed by atoms with van der Waals surface area (Å²) in [7, 11) is 0. The second kappa shape index (κ2) is 4.93. The van der Waals surface area contributed by atoms with Crippen LogP contribution >= 0.6 is 0 Å². The Balaban J connectivity index is 1.64. The van der Waals surface area contributed by atoms with E-state index in [0.717, 1.165) is 32.1 Å². The fraction of sp³-hybridized carbons (Fsp3) is 0.833. The van der Waals surface area contributed by atoms with Gasteiger partial charge in [0.1, 0.15) is 5.41 Å². The van der Waals surface area contributed by atoms with E-state index in [1.807, 2.05) is 0 Å². The highest BCUT2D eigenvalue weighted by Crippen LogP contribution is 2.58. The van der Waals surface area contributed by atoms with Crippen LogP contribution in [-0.2, 0) is 9.59 Å². The molecule has 1 heterocycles. The number of fused-ring (bicyclic) bond motifs is 3. The zero-order valence-electron chi connectivity index (χ0n) is 13.8. The molecule has 5 rings (SSSR count). The smallest absolute Gasteiger partial charge is 0.344 e. The van der Waals surface area contributed by atoms with Crippen LogP contribution in [0.25, 0.3) is 0 Å². The molecule has 5 fully saturated rings. The number of halogens is 1. The number of rotatable bonds is 2. The molecule has 4 saturated carbocycles. The molecule has 2 bridgehead atoms. The predicted molar refractivity (Wildman–Crippen MR) is 82.4 cm³/mol. The van der Waals surface area contributed by atoms with Gasteiger partial charge in [-0.1, -0.05) is 19.3 Å². The maximum Gasteiger partial charge on any atom is 0.344 e. The zero-order chi connectivity index (χ0) is 17.2. The van der Waals surface area contributed by atoms with Crippen LogP contribution in [0, 0.1) is 34.0 Å². The summed E-state index contributed by atoms with van der Waals surface area (Å²) in [5, 5.41) is 19.3. The van der Waals surface area contributed by atoms with Crippen molar-refractivity contribution < 1.29 is 19.1 Å². The zero-order valence-corrected chi connectivity index (χ0v) is 13.8. The van der Waals surface area contributed by atoms with E-state index in [1.165, 1.54) is 4.90 Å². The predicted octanol–water partition coefficient (Wildman–Crippen LogP) is 2.51. The van der Waals surface area contributed by atoms with E-state index in [9.17, 15) is 20.0 Å². The third-order valence-corrected chi connectivity index (χ3v) is 7.42. The number of likely N-dealkylation sites (tertiary alicyclic amines) is 1. The minimum atomic E-state index is -2.37. The Morgan fingerprint density at radius 1 is 1.17 bits per heavy atom. The SMILES string of the molecule is N#CC1(C(=O)N2CC3(CCC3)C(F)(C(=O)O)C2)CC2CCC1CC2. The molecule has 0 aromatic rings. The van der Waals surface area contributed by atoms with Crippen LogP contribution in [0.3, 0.4) is 0 Å². The van der Waals surface area contributed by atoms with E-state index in [1.54, 1.807) is 0 Å². The van der Waals surface area contributed by atoms with E-state index in [2.05, 4.69) is 6.07 Å². The van der Waals surface area contributed by atoms with Crippen LogP contribution in [-0.4, -0.2) is 40.6 Å². The van der Waals surface area contributed by atoms with E-state index < -0.39 is 29.0 Å². The molecular weight excluding hydrogens is 311 g/mol. The lowest BCUT2D eigenvalue weighted by molar-refractivity contribution is -0.162. The lowest BCUT2D eigenvalue weighted by Crippen LogP contribution is -2.53. The number of nitrogens with zero attached hydrogens (tertiary/aromatic N) is 2. The number of hydrogen-bond acceptors (Lipinski definition) is 3. The molecule has 0 aromatic carbocycles. The summed E-state index contributed by atoms with van der Waals surface area (Å²) in [5.41, 5.74) is -4.38. The van der Waals surface area contributed by atoms with Gasteiger partial charge in [-0.2, -0.15) is 5.26 Å². The van der Waals surface area contributed by atoms with Crippen molar-refractivity contribution in [2.75, 3.05) is 13.1 Å². The topological polar surface area (TPSA) is 81.4 Å². The fourth-order valence-electron chi connectivity index (χ4n) is 5.78. The first kappa shape index (κ1) is 15.9. The van der Waals surface area contributed by atoms with Gasteiger partial charge in [0.25, 0.3) is 0 Å². The molecule has 1 aliphatic heterocycles. The molecule has 1 amide bonds. The number of amides is 1. The maximum absolute atomic E-state index is 15.3. The lowest BCUT2D eigenvalue weighted by atomic mass is 9.56. The first-order valence-electron chi connectivity index (χ1n) is 9.00. The number of carboxylic acids is 1. The molecular formula is C18H23FN2O3. The summed E-state index contributed by atoms with van der Waals surface area (Å²) in [5.74, 6) is -1.34. The molecule has 130 valence electrons. The molecule has 0 radical (unpaired) electrons. The van der Waals surface area contributed by atoms with Crippen LogP contribution in [0.15, 0.2) is 0 Å². The van der Waals surface area contributed by atoms with E-state index in [4.69, 9.17) is 0 Å². The molecule has 1 saturated heterocycles. The second-order valence-corrected chi connectivity index (χ2v) is 8.41. The van der Waals surface area contributed by atoms with Gasteiger partial charge in [-0.15, -0.1) is 0 Å². The molecule has 5 nitrogen and oxygen atoms in total. The third-order valence-electron chi connectivity index (χ3n) is 7.42. The standard InChI is InChI=1S/C18H23FN2O3/c19-18(15(23)24)11-21(10-16(18)6-1-7-16)14(22)17(9-20)8-12-2-4-13(17)5-3-12/h12-13H,1-8,10-11H2,(H,23,24). The number of carbonyl (C=O) groups is 2. The highest BCUT2D eigenvalue weighted by Gasteiger charge is 2.68. The van der Waals surface area contributed by atoms with Gasteiger partial charge in [-0.25, -0.2) is 9.18 Å². The van der Waals surface area contributed by atoms with Crippen LogP contribution in [0.5, 0.6) is 0 Å². The minimum absolute atomic E-state index is 0.0387. The highest BCUT2D eigenvalue weighted by molar-refractivity contribution is 5.89. The van der Waals surface area contributed by atoms with Crippen molar-refractivity contribution in [2.45, 2.75) is 57.0 Å². The first-order valence-corrected chi connectivity index (χ1v) is 9.00. The number of nitriles is 1. The van der Waals surface area contributed by atoms with Gasteiger partial charge in [0.05, 0.1) is 12.6 Å². The fourth-order valence-corrected chi connectivity index (χ4v) is 5.78. The van der Waals surface area contributed by atoms with Gasteiger partial charge in [-0.3, -0.25) is 4.79 Å². The van der Waals surface area contributed by atoms with Gasteiger partial charge in [0, 0.05) is 12.0 Å². The van der Waals surface area contributed by atoms with Crippen LogP contribution < -0.4 is 0 Å². The molecule has 6 heteroatoms. The summed E-state index contributed by atoms with van der Waals surface area (Å²) in [4.78, 5) is 26.2. The van der Waals surface area contributed by atoms with Crippen molar-refractivity contribution in [1.29, 1.82) is 5.26 Å². The molecule has 0 aromatic heterocycles. The molecule has 24 heavy (non-hydrogen) atoms. The summed E-state index contributed by atoms with van der Waals surface area (Å²) >= 11 is 0. The number of carboxylic acid groups (broad SMARTS) is 1. The quantitative estimate of drug-likeness (QED) is 0.841. The molecule has 2 unspecified atom stereocenters. The Hall–Kier alpha value is -1.64. The average Bonchev–Trinajstić information content (AvgIpc) is 2.90. The van der Waals surface area contributed by atoms with Crippen LogP contribution in [0.2, 0.25) is 0 Å². The van der Waals surface area contributed by atoms with Gasteiger partial charge in [-0.05, 0) is 43.9 Å². The van der Waals surface area contributed by atoms with Crippen LogP contribution in [0.4, 0.5) is 4.39 Å². The van der Waals surface area contributed by atoms with Crippen molar-refractivity contribution in [2.24, 2.45) is 22.7 Å². The van der Waals surface area contributed by atoms with Gasteiger partial charge in [0.2, 0.25) is 11.6 Å². The Kier molecular flexibility index (Phi) is 3.26. The van der Waals surface area contributed by atoms with E-state index in [0.29, 0.717) is 25.2 Å². The Morgan fingerprint density at radius 2 is 1.83 bits per heavy atom. The summed E-state index contributed by atoms with van der Waals surface area (Å²) in [6, 6.07) is 2.28. The largest absolute Gasteiger partial charge is 0.479 e. The number of carbonyl (C=O) groups excluding carboxylic acids is 1. The molecule has 5 aliphatic rings. The number of hydrogen-bond donors (Lipinski definition) is 1. The minimum Gasteiger partial charge on any atom is -0.479 e. The lowest BCUT2D eigenvalue weighted by Gasteiger charge is -2.48. The van der Waals surface area contributed by atoms with Crippen molar-refractivity contribution in [1.82, 2.24) is 4.90 Å². The Bertz CT molecular complexity index is 633. The Morgan fingerprint density at radius 3 is 2.21 bits per heavy atom. The number of alkyl halides is 1. The molecule has 1 N–H and O–H groups in total. The number of aliphatic carboxylic acids is 1. The van der Waals surface area contributed by atoms with E-state index >= 15 is 4.39 Å². The van der Waals surface area contributed by atoms with Gasteiger partial charge >= 0.3 is 5.97 Å². The van der Waals surface area contributed by atoms with Crippen molar-refractivity contribution in [3.63, 3.8) is 0 Å². The molecule has 2 atom stereocenters. The van der Waals surface area contributed by atoms with Crippen molar-refractivity contribution in [3.8, 4) is 6.07 Å². The normalized spacial score (nSPS) is 42.6. The first-order chi connectivity index (χ1) is 11.4. The summed E-state index contributed by atoms with van der Waals surface area (Å²) in [6.45, 7) is -0.253. The van der Waals surface area contributed by atoms with Crippen molar-refractivity contribution in [3.05, 3.63) is 0 Å². The second-order valence-electron chi connectivity index (χ2n) is 8.41. The highest BCUT2D eigenvalue weighted by atomic mass is 19.1. The monoisotopic (exact) mass is 334 g/mol. The summed E-state index contributed by atoms with van der Waals surface area (Å²) in [6.07, 6.45) is 6.25. The molecule has 1 spiro atoms.